The Bertz CT molecular complexity index is 535. The quantitative estimate of drug-likeness (QED) is 0.884. The molecule has 18 heavy (non-hydrogen) atoms. The number of hydrogen-bond donors (Lipinski definition) is 1. The lowest BCUT2D eigenvalue weighted by Gasteiger charge is -2.02. The van der Waals surface area contributed by atoms with Crippen molar-refractivity contribution in [3.63, 3.8) is 0 Å². The largest absolute Gasteiger partial charge is 0.326 e. The van der Waals surface area contributed by atoms with Gasteiger partial charge in [-0.1, -0.05) is 24.3 Å². The van der Waals surface area contributed by atoms with Gasteiger partial charge >= 0.3 is 0 Å². The molecule has 0 bridgehead atoms. The summed E-state index contributed by atoms with van der Waals surface area (Å²) in [6.45, 7) is 0.489. The van der Waals surface area contributed by atoms with Gasteiger partial charge < -0.3 is 5.73 Å². The van der Waals surface area contributed by atoms with Gasteiger partial charge in [-0.2, -0.15) is 0 Å². The minimum atomic E-state index is 0.0633. The molecule has 1 heterocycles. The number of rotatable bonds is 4. The van der Waals surface area contributed by atoms with Crippen LogP contribution in [0.25, 0.3) is 0 Å². The number of aromatic nitrogens is 1. The molecule has 0 aliphatic heterocycles. The number of nitrogens with zero attached hydrogens (tertiary/aromatic N) is 1. The van der Waals surface area contributed by atoms with Crippen LogP contribution < -0.4 is 5.73 Å². The smallest absolute Gasteiger partial charge is 0.168 e. The fourth-order valence-electron chi connectivity index (χ4n) is 1.60. The van der Waals surface area contributed by atoms with E-state index in [1.165, 1.54) is 0 Å². The molecule has 0 fully saturated rings. The van der Waals surface area contributed by atoms with Gasteiger partial charge in [0.05, 0.1) is 6.42 Å². The molecule has 0 aliphatic rings. The molecule has 1 aromatic heterocycles. The number of pyridine rings is 1. The minimum absolute atomic E-state index is 0.0633. The van der Waals surface area contributed by atoms with Crippen molar-refractivity contribution in [2.24, 2.45) is 5.73 Å². The molecule has 2 rings (SSSR count). The van der Waals surface area contributed by atoms with Crippen LogP contribution >= 0.6 is 15.9 Å². The van der Waals surface area contributed by atoms with E-state index in [-0.39, 0.29) is 5.78 Å². The first-order chi connectivity index (χ1) is 8.69. The van der Waals surface area contributed by atoms with Gasteiger partial charge in [-0.25, -0.2) is 0 Å². The Morgan fingerprint density at radius 3 is 2.44 bits per heavy atom. The molecule has 0 amide bonds. The highest BCUT2D eigenvalue weighted by Crippen LogP contribution is 2.11. The fraction of sp³-hybridized carbons (Fsp3) is 0.143. The van der Waals surface area contributed by atoms with Gasteiger partial charge in [0, 0.05) is 28.5 Å². The van der Waals surface area contributed by atoms with Gasteiger partial charge in [-0.15, -0.1) is 0 Å². The van der Waals surface area contributed by atoms with Crippen molar-refractivity contribution in [1.29, 1.82) is 0 Å². The molecule has 0 unspecified atom stereocenters. The summed E-state index contributed by atoms with van der Waals surface area (Å²) in [5.74, 6) is 0.0633. The summed E-state index contributed by atoms with van der Waals surface area (Å²) in [7, 11) is 0. The predicted molar refractivity (Wildman–Crippen MR) is 74.3 cm³/mol. The summed E-state index contributed by atoms with van der Waals surface area (Å²) in [5.41, 5.74) is 8.00. The Labute approximate surface area is 114 Å². The lowest BCUT2D eigenvalue weighted by atomic mass is 10.0. The molecule has 0 atom stereocenters. The topological polar surface area (TPSA) is 56.0 Å². The van der Waals surface area contributed by atoms with Crippen LogP contribution in [0.1, 0.15) is 21.6 Å². The highest BCUT2D eigenvalue weighted by molar-refractivity contribution is 9.10. The molecule has 1 aromatic carbocycles. The first-order valence-corrected chi connectivity index (χ1v) is 6.41. The second-order valence-electron chi connectivity index (χ2n) is 3.97. The van der Waals surface area contributed by atoms with Crippen LogP contribution in [0.2, 0.25) is 0 Å². The van der Waals surface area contributed by atoms with Crippen LogP contribution in [0.3, 0.4) is 0 Å². The lowest BCUT2D eigenvalue weighted by molar-refractivity contribution is 0.0992. The third-order valence-electron chi connectivity index (χ3n) is 2.64. The van der Waals surface area contributed by atoms with Crippen LogP contribution in [0.15, 0.2) is 47.1 Å². The van der Waals surface area contributed by atoms with Gasteiger partial charge in [0.25, 0.3) is 0 Å². The predicted octanol–water partition coefficient (Wildman–Crippen LogP) is 2.73. The summed E-state index contributed by atoms with van der Waals surface area (Å²) in [4.78, 5) is 16.2. The highest BCUT2D eigenvalue weighted by Gasteiger charge is 2.07. The zero-order valence-electron chi connectivity index (χ0n) is 9.77. The van der Waals surface area contributed by atoms with E-state index in [1.54, 1.807) is 6.20 Å². The maximum Gasteiger partial charge on any atom is 0.168 e. The number of Topliss-reactive ketones (excluding diaryl/α,β-unsaturated/α-hetero) is 1. The highest BCUT2D eigenvalue weighted by atomic mass is 79.9. The summed E-state index contributed by atoms with van der Waals surface area (Å²) >= 11 is 3.31. The molecule has 0 spiro atoms. The molecule has 4 heteroatoms. The first kappa shape index (κ1) is 12.9. The molecular formula is C14H13BrN2O. The molecule has 0 aliphatic carbocycles. The third-order valence-corrected chi connectivity index (χ3v) is 3.11. The number of hydrogen-bond acceptors (Lipinski definition) is 3. The van der Waals surface area contributed by atoms with E-state index in [1.807, 2.05) is 36.4 Å². The van der Waals surface area contributed by atoms with Crippen molar-refractivity contribution in [2.75, 3.05) is 0 Å². The second-order valence-corrected chi connectivity index (χ2v) is 4.88. The Hall–Kier alpha value is -1.52. The zero-order chi connectivity index (χ0) is 13.0. The van der Waals surface area contributed by atoms with E-state index in [2.05, 4.69) is 20.9 Å². The second kappa shape index (κ2) is 5.89. The van der Waals surface area contributed by atoms with E-state index in [4.69, 9.17) is 5.73 Å². The molecule has 3 nitrogen and oxygen atoms in total. The lowest BCUT2D eigenvalue weighted by Crippen LogP contribution is -2.05. The number of ketones is 1. The van der Waals surface area contributed by atoms with E-state index in [9.17, 15) is 4.79 Å². The maximum atomic E-state index is 12.0. The Kier molecular flexibility index (Phi) is 4.23. The molecular weight excluding hydrogens is 292 g/mol. The standard InChI is InChI=1S/C14H13BrN2O/c15-12-5-6-13(17-9-12)7-14(18)11-3-1-10(8-16)2-4-11/h1-6,9H,7-8,16H2. The van der Waals surface area contributed by atoms with Crippen molar-refractivity contribution >= 4 is 21.7 Å². The average Bonchev–Trinajstić information content (AvgIpc) is 2.41. The number of carbonyl (C=O) groups excluding carboxylic acids is 1. The van der Waals surface area contributed by atoms with E-state index >= 15 is 0 Å². The van der Waals surface area contributed by atoms with Gasteiger partial charge in [0.1, 0.15) is 0 Å². The summed E-state index contributed by atoms with van der Waals surface area (Å²) in [6.07, 6.45) is 2.01. The Morgan fingerprint density at radius 2 is 1.89 bits per heavy atom. The van der Waals surface area contributed by atoms with E-state index < -0.39 is 0 Å². The number of nitrogens with two attached hydrogens (primary N) is 1. The maximum absolute atomic E-state index is 12.0. The van der Waals surface area contributed by atoms with Crippen LogP contribution in [0.4, 0.5) is 0 Å². The SMILES string of the molecule is NCc1ccc(C(=O)Cc2ccc(Br)cn2)cc1. The molecule has 0 radical (unpaired) electrons. The molecule has 0 saturated heterocycles. The van der Waals surface area contributed by atoms with Gasteiger partial charge in [0.15, 0.2) is 5.78 Å². The normalized spacial score (nSPS) is 10.3. The molecule has 2 aromatic rings. The summed E-state index contributed by atoms with van der Waals surface area (Å²) in [6, 6.07) is 11.1. The van der Waals surface area contributed by atoms with E-state index in [0.717, 1.165) is 15.7 Å². The zero-order valence-corrected chi connectivity index (χ0v) is 11.4. The van der Waals surface area contributed by atoms with Gasteiger partial charge in [-0.05, 0) is 33.6 Å². The van der Waals surface area contributed by atoms with Crippen LogP contribution in [-0.2, 0) is 13.0 Å². The van der Waals surface area contributed by atoms with Crippen molar-refractivity contribution in [3.05, 3.63) is 63.9 Å². The summed E-state index contributed by atoms with van der Waals surface area (Å²) < 4.78 is 0.908. The molecule has 92 valence electrons. The van der Waals surface area contributed by atoms with Gasteiger partial charge in [-0.3, -0.25) is 9.78 Å². The summed E-state index contributed by atoms with van der Waals surface area (Å²) in [5, 5.41) is 0. The Morgan fingerprint density at radius 1 is 1.17 bits per heavy atom. The average molecular weight is 305 g/mol. The van der Waals surface area contributed by atoms with Crippen LogP contribution in [-0.4, -0.2) is 10.8 Å². The van der Waals surface area contributed by atoms with Crippen molar-refractivity contribution in [3.8, 4) is 0 Å². The van der Waals surface area contributed by atoms with Crippen molar-refractivity contribution in [1.82, 2.24) is 4.98 Å². The van der Waals surface area contributed by atoms with Gasteiger partial charge in [0.2, 0.25) is 0 Å². The van der Waals surface area contributed by atoms with Crippen molar-refractivity contribution < 1.29 is 4.79 Å². The minimum Gasteiger partial charge on any atom is -0.326 e. The number of halogens is 1. The fourth-order valence-corrected chi connectivity index (χ4v) is 1.84. The third kappa shape index (κ3) is 3.24. The molecule has 2 N–H and O–H groups in total. The number of benzene rings is 1. The van der Waals surface area contributed by atoms with Crippen LogP contribution in [0, 0.1) is 0 Å². The van der Waals surface area contributed by atoms with E-state index in [0.29, 0.717) is 18.5 Å². The first-order valence-electron chi connectivity index (χ1n) is 5.61. The monoisotopic (exact) mass is 304 g/mol. The van der Waals surface area contributed by atoms with Crippen LogP contribution in [0.5, 0.6) is 0 Å². The van der Waals surface area contributed by atoms with Crippen molar-refractivity contribution in [2.45, 2.75) is 13.0 Å². The molecule has 0 saturated carbocycles. The number of carbonyl (C=O) groups is 1. The Balaban J connectivity index is 2.09.